The van der Waals surface area contributed by atoms with Gasteiger partial charge in [0.15, 0.2) is 0 Å². The molecule has 0 spiro atoms. The van der Waals surface area contributed by atoms with Crippen LogP contribution in [0.3, 0.4) is 0 Å². The molecule has 130 valence electrons. The van der Waals surface area contributed by atoms with Crippen LogP contribution < -0.4 is 10.2 Å². The molecule has 3 heterocycles. The Bertz CT molecular complexity index is 718. The topological polar surface area (TPSA) is 71.0 Å². The van der Waals surface area contributed by atoms with Gasteiger partial charge in [0.1, 0.15) is 0 Å². The van der Waals surface area contributed by atoms with Gasteiger partial charge < -0.3 is 10.2 Å². The minimum absolute atomic E-state index is 0.194. The van der Waals surface area contributed by atoms with Gasteiger partial charge in [-0.05, 0) is 36.5 Å². The molecular formula is C19H23N5O. The first-order chi connectivity index (χ1) is 12.2. The number of aromatic nitrogens is 3. The third-order valence-electron chi connectivity index (χ3n) is 4.48. The molecule has 6 heteroatoms. The zero-order chi connectivity index (χ0) is 17.6. The Kier molecular flexibility index (Phi) is 5.38. The van der Waals surface area contributed by atoms with Gasteiger partial charge in [-0.15, -0.1) is 0 Å². The monoisotopic (exact) mass is 337 g/mol. The molecule has 25 heavy (non-hydrogen) atoms. The van der Waals surface area contributed by atoms with Gasteiger partial charge in [0, 0.05) is 43.8 Å². The molecule has 1 saturated heterocycles. The number of carbonyl (C=O) groups excluding carboxylic acids is 1. The quantitative estimate of drug-likeness (QED) is 0.849. The molecule has 0 unspecified atom stereocenters. The molecule has 0 aliphatic carbocycles. The summed E-state index contributed by atoms with van der Waals surface area (Å²) in [6.45, 7) is 8.18. The van der Waals surface area contributed by atoms with Crippen LogP contribution in [-0.4, -0.2) is 33.9 Å². The summed E-state index contributed by atoms with van der Waals surface area (Å²) < 4.78 is 0. The fourth-order valence-electron chi connectivity index (χ4n) is 2.79. The summed E-state index contributed by atoms with van der Waals surface area (Å²) in [6.07, 6.45) is 9.03. The van der Waals surface area contributed by atoms with Crippen molar-refractivity contribution >= 4 is 11.9 Å². The van der Waals surface area contributed by atoms with Gasteiger partial charge in [-0.3, -0.25) is 9.78 Å². The van der Waals surface area contributed by atoms with Crippen LogP contribution in [0.1, 0.15) is 25.3 Å². The van der Waals surface area contributed by atoms with Crippen LogP contribution in [0.25, 0.3) is 11.3 Å². The summed E-state index contributed by atoms with van der Waals surface area (Å²) >= 11 is 0. The number of nitrogens with one attached hydrogen (secondary N) is 1. The number of carbonyl (C=O) groups is 1. The minimum Gasteiger partial charge on any atom is -0.348 e. The van der Waals surface area contributed by atoms with Gasteiger partial charge in [0.05, 0.1) is 5.69 Å². The summed E-state index contributed by atoms with van der Waals surface area (Å²) in [6, 6.07) is 3.85. The van der Waals surface area contributed by atoms with Gasteiger partial charge >= 0.3 is 0 Å². The highest BCUT2D eigenvalue weighted by Gasteiger charge is 2.17. The smallest absolute Gasteiger partial charge is 0.243 e. The first-order valence-corrected chi connectivity index (χ1v) is 8.58. The lowest BCUT2D eigenvalue weighted by molar-refractivity contribution is -0.116. The number of pyridine rings is 1. The van der Waals surface area contributed by atoms with E-state index in [9.17, 15) is 4.79 Å². The fraction of sp³-hybridized carbons (Fsp3) is 0.368. The van der Waals surface area contributed by atoms with E-state index in [0.29, 0.717) is 6.54 Å². The molecular weight excluding hydrogens is 314 g/mol. The van der Waals surface area contributed by atoms with Crippen molar-refractivity contribution in [3.63, 3.8) is 0 Å². The number of anilines is 1. The van der Waals surface area contributed by atoms with E-state index in [1.807, 2.05) is 24.5 Å². The van der Waals surface area contributed by atoms with Gasteiger partial charge in [-0.1, -0.05) is 19.6 Å². The van der Waals surface area contributed by atoms with Crippen molar-refractivity contribution in [2.45, 2.75) is 26.3 Å². The summed E-state index contributed by atoms with van der Waals surface area (Å²) in [4.78, 5) is 26.9. The zero-order valence-electron chi connectivity index (χ0n) is 14.5. The van der Waals surface area contributed by atoms with Crippen molar-refractivity contribution in [3.8, 4) is 11.3 Å². The Hall–Kier alpha value is -2.76. The molecule has 1 fully saturated rings. The Labute approximate surface area is 148 Å². The molecule has 0 bridgehead atoms. The van der Waals surface area contributed by atoms with Crippen LogP contribution in [0.4, 0.5) is 5.95 Å². The second-order valence-electron chi connectivity index (χ2n) is 6.41. The average Bonchev–Trinajstić information content (AvgIpc) is 2.67. The Morgan fingerprint density at radius 3 is 2.56 bits per heavy atom. The van der Waals surface area contributed by atoms with E-state index in [-0.39, 0.29) is 5.91 Å². The molecule has 0 aromatic carbocycles. The predicted molar refractivity (Wildman–Crippen MR) is 97.9 cm³/mol. The molecule has 1 N–H and O–H groups in total. The van der Waals surface area contributed by atoms with E-state index in [0.717, 1.165) is 41.8 Å². The zero-order valence-corrected chi connectivity index (χ0v) is 14.5. The number of hydrogen-bond donors (Lipinski definition) is 1. The maximum atomic E-state index is 11.2. The lowest BCUT2D eigenvalue weighted by Crippen LogP contribution is -2.33. The number of amides is 1. The molecule has 1 aliphatic heterocycles. The van der Waals surface area contributed by atoms with Crippen molar-refractivity contribution in [1.29, 1.82) is 0 Å². The highest BCUT2D eigenvalue weighted by atomic mass is 16.1. The highest BCUT2D eigenvalue weighted by molar-refractivity contribution is 5.86. The van der Waals surface area contributed by atoms with Crippen LogP contribution in [0, 0.1) is 5.92 Å². The number of nitrogens with zero attached hydrogens (tertiary/aromatic N) is 4. The molecule has 2 aromatic rings. The Morgan fingerprint density at radius 1 is 1.24 bits per heavy atom. The standard InChI is InChI=1S/C19H23N5O/c1-3-18(25)21-11-15-4-5-17(20-10-15)16-12-22-19(23-13-16)24-8-6-14(2)7-9-24/h3-5,10,12-14H,1,6-9,11H2,2H3,(H,21,25). The van der Waals surface area contributed by atoms with Crippen LogP contribution in [0.15, 0.2) is 43.4 Å². The van der Waals surface area contributed by atoms with Gasteiger partial charge in [0.25, 0.3) is 0 Å². The normalized spacial score (nSPS) is 15.0. The van der Waals surface area contributed by atoms with Crippen LogP contribution in [-0.2, 0) is 11.3 Å². The minimum atomic E-state index is -0.194. The van der Waals surface area contributed by atoms with Crippen molar-refractivity contribution in [3.05, 3.63) is 48.9 Å². The van der Waals surface area contributed by atoms with Crippen LogP contribution in [0.2, 0.25) is 0 Å². The lowest BCUT2D eigenvalue weighted by atomic mass is 10.00. The predicted octanol–water partition coefficient (Wildman–Crippen LogP) is 2.58. The Balaban J connectivity index is 1.63. The number of piperidine rings is 1. The summed E-state index contributed by atoms with van der Waals surface area (Å²) in [5.74, 6) is 1.38. The maximum Gasteiger partial charge on any atom is 0.243 e. The van der Waals surface area contributed by atoms with E-state index in [4.69, 9.17) is 0 Å². The number of hydrogen-bond acceptors (Lipinski definition) is 5. The second-order valence-corrected chi connectivity index (χ2v) is 6.41. The average molecular weight is 337 g/mol. The highest BCUT2D eigenvalue weighted by Crippen LogP contribution is 2.21. The van der Waals surface area contributed by atoms with E-state index in [1.165, 1.54) is 18.9 Å². The van der Waals surface area contributed by atoms with Crippen molar-refractivity contribution < 1.29 is 4.79 Å². The molecule has 1 amide bonds. The van der Waals surface area contributed by atoms with Crippen LogP contribution >= 0.6 is 0 Å². The molecule has 1 aliphatic rings. The van der Waals surface area contributed by atoms with Crippen LogP contribution in [0.5, 0.6) is 0 Å². The molecule has 0 atom stereocenters. The Morgan fingerprint density at radius 2 is 1.96 bits per heavy atom. The SMILES string of the molecule is C=CC(=O)NCc1ccc(-c2cnc(N3CCC(C)CC3)nc2)nc1. The van der Waals surface area contributed by atoms with E-state index >= 15 is 0 Å². The molecule has 0 radical (unpaired) electrons. The third-order valence-corrected chi connectivity index (χ3v) is 4.48. The summed E-state index contributed by atoms with van der Waals surface area (Å²) in [7, 11) is 0. The van der Waals surface area contributed by atoms with Crippen molar-refractivity contribution in [2.75, 3.05) is 18.0 Å². The van der Waals surface area contributed by atoms with E-state index in [2.05, 4.69) is 38.7 Å². The first-order valence-electron chi connectivity index (χ1n) is 8.58. The molecule has 6 nitrogen and oxygen atoms in total. The number of rotatable bonds is 5. The van der Waals surface area contributed by atoms with Crippen molar-refractivity contribution in [2.24, 2.45) is 5.92 Å². The first kappa shape index (κ1) is 17.1. The lowest BCUT2D eigenvalue weighted by Gasteiger charge is -2.30. The van der Waals surface area contributed by atoms with E-state index < -0.39 is 0 Å². The van der Waals surface area contributed by atoms with Gasteiger partial charge in [0.2, 0.25) is 11.9 Å². The second kappa shape index (κ2) is 7.88. The molecule has 0 saturated carbocycles. The van der Waals surface area contributed by atoms with Crippen molar-refractivity contribution in [1.82, 2.24) is 20.3 Å². The maximum absolute atomic E-state index is 11.2. The largest absolute Gasteiger partial charge is 0.348 e. The van der Waals surface area contributed by atoms with E-state index in [1.54, 1.807) is 6.20 Å². The third kappa shape index (κ3) is 4.41. The summed E-state index contributed by atoms with van der Waals surface area (Å²) in [5, 5.41) is 2.73. The van der Waals surface area contributed by atoms with Gasteiger partial charge in [-0.2, -0.15) is 0 Å². The fourth-order valence-corrected chi connectivity index (χ4v) is 2.79. The molecule has 2 aromatic heterocycles. The summed E-state index contributed by atoms with van der Waals surface area (Å²) in [5.41, 5.74) is 2.63. The van der Waals surface area contributed by atoms with Gasteiger partial charge in [-0.25, -0.2) is 9.97 Å². The molecule has 3 rings (SSSR count).